The van der Waals surface area contributed by atoms with Crippen molar-refractivity contribution < 1.29 is 9.52 Å². The fourth-order valence-electron chi connectivity index (χ4n) is 2.77. The molecule has 0 spiro atoms. The molecule has 0 saturated heterocycles. The first kappa shape index (κ1) is 13.6. The lowest BCUT2D eigenvalue weighted by Gasteiger charge is -2.30. The lowest BCUT2D eigenvalue weighted by molar-refractivity contribution is 0.0288. The molecule has 3 heteroatoms. The third kappa shape index (κ3) is 3.36. The van der Waals surface area contributed by atoms with E-state index >= 15 is 0 Å². The fourth-order valence-corrected chi connectivity index (χ4v) is 2.77. The number of hydrogen-bond acceptors (Lipinski definition) is 3. The van der Waals surface area contributed by atoms with Crippen LogP contribution in [0.4, 0.5) is 0 Å². The second kappa shape index (κ2) is 5.45. The molecule has 3 atom stereocenters. The number of furan rings is 1. The van der Waals surface area contributed by atoms with E-state index in [4.69, 9.17) is 4.42 Å². The Bertz CT molecular complexity index is 384. The van der Waals surface area contributed by atoms with E-state index in [0.29, 0.717) is 18.3 Å². The molecular formula is C15H25NO2. The maximum atomic E-state index is 10.4. The van der Waals surface area contributed by atoms with Crippen LogP contribution in [0, 0.1) is 12.8 Å². The Balaban J connectivity index is 1.88. The van der Waals surface area contributed by atoms with Gasteiger partial charge in [0.05, 0.1) is 0 Å². The van der Waals surface area contributed by atoms with Crippen LogP contribution in [-0.2, 0) is 5.60 Å². The normalized spacial score (nSPS) is 28.0. The number of nitrogens with one attached hydrogen (secondary N) is 1. The van der Waals surface area contributed by atoms with Gasteiger partial charge in [-0.3, -0.25) is 0 Å². The number of aliphatic hydroxyl groups is 1. The molecule has 2 N–H and O–H groups in total. The average Bonchev–Trinajstić information content (AvgIpc) is 2.74. The summed E-state index contributed by atoms with van der Waals surface area (Å²) in [7, 11) is 0. The predicted molar refractivity (Wildman–Crippen MR) is 72.4 cm³/mol. The van der Waals surface area contributed by atoms with Gasteiger partial charge in [0.1, 0.15) is 17.1 Å². The second-order valence-electron chi connectivity index (χ2n) is 6.03. The molecule has 3 unspecified atom stereocenters. The Morgan fingerprint density at radius 2 is 2.22 bits per heavy atom. The van der Waals surface area contributed by atoms with Gasteiger partial charge < -0.3 is 14.8 Å². The van der Waals surface area contributed by atoms with Gasteiger partial charge in [-0.25, -0.2) is 0 Å². The van der Waals surface area contributed by atoms with E-state index in [0.717, 1.165) is 11.7 Å². The topological polar surface area (TPSA) is 45.4 Å². The van der Waals surface area contributed by atoms with Crippen molar-refractivity contribution in [2.24, 2.45) is 5.92 Å². The third-order valence-corrected chi connectivity index (χ3v) is 3.94. The van der Waals surface area contributed by atoms with Crippen LogP contribution in [0.3, 0.4) is 0 Å². The van der Waals surface area contributed by atoms with Crippen LogP contribution >= 0.6 is 0 Å². The third-order valence-electron chi connectivity index (χ3n) is 3.94. The Labute approximate surface area is 110 Å². The first-order valence-electron chi connectivity index (χ1n) is 7.00. The summed E-state index contributed by atoms with van der Waals surface area (Å²) in [5.41, 5.74) is -0.922. The summed E-state index contributed by atoms with van der Waals surface area (Å²) in [4.78, 5) is 0. The molecule has 2 rings (SSSR count). The van der Waals surface area contributed by atoms with Crippen molar-refractivity contribution in [2.75, 3.05) is 6.54 Å². The molecule has 1 heterocycles. The highest BCUT2D eigenvalue weighted by molar-refractivity contribution is 5.12. The van der Waals surface area contributed by atoms with Crippen molar-refractivity contribution in [3.63, 3.8) is 0 Å². The van der Waals surface area contributed by atoms with Gasteiger partial charge in [-0.05, 0) is 44.7 Å². The molecular weight excluding hydrogens is 226 g/mol. The van der Waals surface area contributed by atoms with Crippen LogP contribution in [0.15, 0.2) is 16.5 Å². The molecule has 1 aromatic rings. The minimum absolute atomic E-state index is 0.538. The van der Waals surface area contributed by atoms with E-state index in [1.807, 2.05) is 26.0 Å². The van der Waals surface area contributed by atoms with Gasteiger partial charge >= 0.3 is 0 Å². The van der Waals surface area contributed by atoms with Crippen molar-refractivity contribution in [3.05, 3.63) is 23.7 Å². The molecule has 1 fully saturated rings. The van der Waals surface area contributed by atoms with Crippen LogP contribution in [0.2, 0.25) is 0 Å². The van der Waals surface area contributed by atoms with E-state index in [2.05, 4.69) is 12.2 Å². The minimum atomic E-state index is -0.922. The maximum Gasteiger partial charge on any atom is 0.136 e. The van der Waals surface area contributed by atoms with Gasteiger partial charge in [0.15, 0.2) is 0 Å². The van der Waals surface area contributed by atoms with Gasteiger partial charge in [0.2, 0.25) is 0 Å². The van der Waals surface area contributed by atoms with E-state index < -0.39 is 5.60 Å². The Morgan fingerprint density at radius 3 is 2.83 bits per heavy atom. The maximum absolute atomic E-state index is 10.4. The van der Waals surface area contributed by atoms with Crippen molar-refractivity contribution in [3.8, 4) is 0 Å². The molecule has 0 bridgehead atoms. The minimum Gasteiger partial charge on any atom is -0.463 e. The smallest absolute Gasteiger partial charge is 0.136 e. The zero-order valence-corrected chi connectivity index (χ0v) is 11.7. The van der Waals surface area contributed by atoms with Crippen LogP contribution in [-0.4, -0.2) is 17.7 Å². The van der Waals surface area contributed by atoms with Crippen LogP contribution in [0.5, 0.6) is 0 Å². The molecule has 0 amide bonds. The van der Waals surface area contributed by atoms with E-state index in [1.54, 1.807) is 0 Å². The van der Waals surface area contributed by atoms with Crippen LogP contribution in [0.1, 0.15) is 51.1 Å². The molecule has 1 aromatic heterocycles. The first-order valence-corrected chi connectivity index (χ1v) is 7.00. The highest BCUT2D eigenvalue weighted by Gasteiger charge is 2.28. The zero-order valence-electron chi connectivity index (χ0n) is 11.7. The van der Waals surface area contributed by atoms with Crippen molar-refractivity contribution in [1.82, 2.24) is 5.32 Å². The summed E-state index contributed by atoms with van der Waals surface area (Å²) in [5.74, 6) is 2.29. The molecule has 1 aliphatic carbocycles. The summed E-state index contributed by atoms with van der Waals surface area (Å²) in [6.07, 6.45) is 5.07. The number of rotatable bonds is 4. The Kier molecular flexibility index (Phi) is 4.13. The summed E-state index contributed by atoms with van der Waals surface area (Å²) < 4.78 is 5.52. The van der Waals surface area contributed by atoms with E-state index in [-0.39, 0.29) is 0 Å². The van der Waals surface area contributed by atoms with Crippen LogP contribution in [0.25, 0.3) is 0 Å². The molecule has 0 aliphatic heterocycles. The largest absolute Gasteiger partial charge is 0.463 e. The summed E-state index contributed by atoms with van der Waals surface area (Å²) in [6, 6.07) is 4.30. The lowest BCUT2D eigenvalue weighted by atomic mass is 9.86. The second-order valence-corrected chi connectivity index (χ2v) is 6.03. The molecule has 1 aliphatic rings. The van der Waals surface area contributed by atoms with Gasteiger partial charge in [-0.15, -0.1) is 0 Å². The standard InChI is InChI=1S/C15H25NO2/c1-11-5-4-6-13(9-11)16-10-15(3,17)14-8-7-12(2)18-14/h7-8,11,13,16-17H,4-6,9-10H2,1-3H3. The van der Waals surface area contributed by atoms with Gasteiger partial charge in [-0.1, -0.05) is 19.8 Å². The zero-order chi connectivity index (χ0) is 13.2. The monoisotopic (exact) mass is 251 g/mol. The Morgan fingerprint density at radius 1 is 1.44 bits per heavy atom. The SMILES string of the molecule is Cc1ccc(C(C)(O)CNC2CCCC(C)C2)o1. The van der Waals surface area contributed by atoms with Gasteiger partial charge in [0.25, 0.3) is 0 Å². The Hall–Kier alpha value is -0.800. The van der Waals surface area contributed by atoms with Gasteiger partial charge in [-0.2, -0.15) is 0 Å². The van der Waals surface area contributed by atoms with Gasteiger partial charge in [0, 0.05) is 12.6 Å². The molecule has 18 heavy (non-hydrogen) atoms. The van der Waals surface area contributed by atoms with E-state index in [9.17, 15) is 5.11 Å². The predicted octanol–water partition coefficient (Wildman–Crippen LogP) is 2.96. The summed E-state index contributed by atoms with van der Waals surface area (Å²) in [6.45, 7) is 6.57. The van der Waals surface area contributed by atoms with Crippen molar-refractivity contribution in [1.29, 1.82) is 0 Å². The molecule has 102 valence electrons. The van der Waals surface area contributed by atoms with E-state index in [1.165, 1.54) is 25.7 Å². The van der Waals surface area contributed by atoms with Crippen LogP contribution < -0.4 is 5.32 Å². The number of hydrogen-bond donors (Lipinski definition) is 2. The fraction of sp³-hybridized carbons (Fsp3) is 0.733. The first-order chi connectivity index (χ1) is 8.47. The summed E-state index contributed by atoms with van der Waals surface area (Å²) in [5, 5.41) is 13.9. The average molecular weight is 251 g/mol. The molecule has 0 radical (unpaired) electrons. The highest BCUT2D eigenvalue weighted by atomic mass is 16.4. The lowest BCUT2D eigenvalue weighted by Crippen LogP contribution is -2.42. The highest BCUT2D eigenvalue weighted by Crippen LogP contribution is 2.26. The molecule has 1 saturated carbocycles. The van der Waals surface area contributed by atoms with Crippen molar-refractivity contribution in [2.45, 2.75) is 58.1 Å². The molecule has 0 aromatic carbocycles. The molecule has 3 nitrogen and oxygen atoms in total. The summed E-state index contributed by atoms with van der Waals surface area (Å²) >= 11 is 0. The number of aryl methyl sites for hydroxylation is 1. The quantitative estimate of drug-likeness (QED) is 0.864. The van der Waals surface area contributed by atoms with Crippen molar-refractivity contribution >= 4 is 0 Å².